The molecule has 1 heterocycles. The third-order valence-corrected chi connectivity index (χ3v) is 4.05. The summed E-state index contributed by atoms with van der Waals surface area (Å²) in [5.41, 5.74) is 4.22. The highest BCUT2D eigenvalue weighted by Crippen LogP contribution is 2.22. The molecule has 0 bridgehead atoms. The van der Waals surface area contributed by atoms with Crippen molar-refractivity contribution in [3.8, 4) is 0 Å². The van der Waals surface area contributed by atoms with Gasteiger partial charge in [0.2, 0.25) is 0 Å². The Bertz CT molecular complexity index is 618. The first kappa shape index (κ1) is 14.5. The van der Waals surface area contributed by atoms with Crippen molar-refractivity contribution in [2.75, 3.05) is 0 Å². The predicted octanol–water partition coefficient (Wildman–Crippen LogP) is 3.60. The van der Waals surface area contributed by atoms with Crippen LogP contribution >= 0.6 is 11.8 Å². The van der Waals surface area contributed by atoms with Crippen LogP contribution < -0.4 is 0 Å². The Morgan fingerprint density at radius 3 is 2.15 bits per heavy atom. The summed E-state index contributed by atoms with van der Waals surface area (Å²) < 4.78 is 0. The molecule has 0 radical (unpaired) electrons. The van der Waals surface area contributed by atoms with Gasteiger partial charge in [-0.15, -0.1) is 0 Å². The Labute approximate surface area is 121 Å². The molecular formula is C14H15N3O2S. The lowest BCUT2D eigenvalue weighted by Crippen LogP contribution is -1.98. The van der Waals surface area contributed by atoms with Crippen molar-refractivity contribution in [1.82, 2.24) is 9.97 Å². The van der Waals surface area contributed by atoms with Crippen LogP contribution in [-0.4, -0.2) is 14.9 Å². The van der Waals surface area contributed by atoms with Crippen LogP contribution in [-0.2, 0) is 5.75 Å². The molecule has 2 rings (SSSR count). The fourth-order valence-electron chi connectivity index (χ4n) is 1.67. The Morgan fingerprint density at radius 2 is 1.65 bits per heavy atom. The molecule has 2 aromatic rings. The first-order valence-electron chi connectivity index (χ1n) is 6.15. The van der Waals surface area contributed by atoms with Crippen molar-refractivity contribution in [3.63, 3.8) is 0 Å². The number of thioether (sulfide) groups is 1. The van der Waals surface area contributed by atoms with E-state index in [0.717, 1.165) is 27.7 Å². The molecule has 104 valence electrons. The van der Waals surface area contributed by atoms with Gasteiger partial charge in [-0.3, -0.25) is 10.1 Å². The summed E-state index contributed by atoms with van der Waals surface area (Å²) in [6, 6.07) is 6.56. The molecule has 0 aliphatic heterocycles. The maximum atomic E-state index is 10.6. The quantitative estimate of drug-likeness (QED) is 0.372. The van der Waals surface area contributed by atoms with E-state index < -0.39 is 4.92 Å². The minimum atomic E-state index is -0.396. The zero-order chi connectivity index (χ0) is 14.7. The number of nitro benzene ring substituents is 1. The van der Waals surface area contributed by atoms with Gasteiger partial charge in [0.1, 0.15) is 0 Å². The largest absolute Gasteiger partial charge is 0.269 e. The van der Waals surface area contributed by atoms with Crippen molar-refractivity contribution in [2.45, 2.75) is 31.7 Å². The average Bonchev–Trinajstić information content (AvgIpc) is 2.42. The third-order valence-electron chi connectivity index (χ3n) is 3.13. The summed E-state index contributed by atoms with van der Waals surface area (Å²) in [5, 5.41) is 11.3. The average molecular weight is 289 g/mol. The number of nitrogens with zero attached hydrogens (tertiary/aromatic N) is 3. The number of non-ortho nitro benzene ring substituents is 1. The van der Waals surface area contributed by atoms with E-state index in [1.807, 2.05) is 20.8 Å². The lowest BCUT2D eigenvalue weighted by atomic mass is 10.2. The van der Waals surface area contributed by atoms with Crippen molar-refractivity contribution < 1.29 is 4.92 Å². The van der Waals surface area contributed by atoms with E-state index in [1.54, 1.807) is 12.1 Å². The van der Waals surface area contributed by atoms with E-state index in [1.165, 1.54) is 23.9 Å². The maximum absolute atomic E-state index is 10.6. The molecule has 0 aliphatic carbocycles. The maximum Gasteiger partial charge on any atom is 0.269 e. The summed E-state index contributed by atoms with van der Waals surface area (Å²) in [5.74, 6) is 0.694. The Morgan fingerprint density at radius 1 is 1.10 bits per heavy atom. The molecule has 1 aromatic heterocycles. The van der Waals surface area contributed by atoms with Gasteiger partial charge >= 0.3 is 0 Å². The fraction of sp³-hybridized carbons (Fsp3) is 0.286. The molecule has 0 fully saturated rings. The minimum absolute atomic E-state index is 0.108. The minimum Gasteiger partial charge on any atom is -0.258 e. The van der Waals surface area contributed by atoms with Crippen LogP contribution in [0, 0.1) is 30.9 Å². The molecule has 0 amide bonds. The molecule has 6 heteroatoms. The van der Waals surface area contributed by atoms with Gasteiger partial charge < -0.3 is 0 Å². The summed E-state index contributed by atoms with van der Waals surface area (Å²) >= 11 is 1.53. The SMILES string of the molecule is Cc1nc(SCc2ccc([N+](=O)[O-])cc2)nc(C)c1C. The summed E-state index contributed by atoms with van der Waals surface area (Å²) in [4.78, 5) is 19.1. The summed E-state index contributed by atoms with van der Waals surface area (Å²) in [6.07, 6.45) is 0. The summed E-state index contributed by atoms with van der Waals surface area (Å²) in [7, 11) is 0. The van der Waals surface area contributed by atoms with Crippen LogP contribution in [0.3, 0.4) is 0 Å². The van der Waals surface area contributed by atoms with Crippen LogP contribution in [0.4, 0.5) is 5.69 Å². The Balaban J connectivity index is 2.07. The normalized spacial score (nSPS) is 10.6. The van der Waals surface area contributed by atoms with Crippen LogP contribution in [0.2, 0.25) is 0 Å². The highest BCUT2D eigenvalue weighted by molar-refractivity contribution is 7.98. The second kappa shape index (κ2) is 6.00. The predicted molar refractivity (Wildman–Crippen MR) is 78.9 cm³/mol. The van der Waals surface area contributed by atoms with Gasteiger partial charge in [0, 0.05) is 29.3 Å². The molecule has 5 nitrogen and oxygen atoms in total. The van der Waals surface area contributed by atoms with Crippen LogP contribution in [0.15, 0.2) is 29.4 Å². The van der Waals surface area contributed by atoms with Gasteiger partial charge in [0.05, 0.1) is 4.92 Å². The monoisotopic (exact) mass is 289 g/mol. The molecule has 0 aliphatic rings. The number of aryl methyl sites for hydroxylation is 2. The van der Waals surface area contributed by atoms with Crippen LogP contribution in [0.25, 0.3) is 0 Å². The molecule has 0 saturated carbocycles. The summed E-state index contributed by atoms with van der Waals surface area (Å²) in [6.45, 7) is 5.95. The van der Waals surface area contributed by atoms with E-state index in [4.69, 9.17) is 0 Å². The zero-order valence-corrected chi connectivity index (χ0v) is 12.4. The zero-order valence-electron chi connectivity index (χ0n) is 11.6. The molecular weight excluding hydrogens is 274 g/mol. The van der Waals surface area contributed by atoms with Gasteiger partial charge in [0.15, 0.2) is 5.16 Å². The molecule has 0 N–H and O–H groups in total. The molecule has 0 atom stereocenters. The number of hydrogen-bond donors (Lipinski definition) is 0. The molecule has 0 unspecified atom stereocenters. The van der Waals surface area contributed by atoms with Crippen LogP contribution in [0.5, 0.6) is 0 Å². The van der Waals surface area contributed by atoms with Gasteiger partial charge in [0.25, 0.3) is 5.69 Å². The molecule has 20 heavy (non-hydrogen) atoms. The lowest BCUT2D eigenvalue weighted by Gasteiger charge is -2.06. The second-order valence-corrected chi connectivity index (χ2v) is 5.46. The van der Waals surface area contributed by atoms with Crippen molar-refractivity contribution >= 4 is 17.4 Å². The number of nitro groups is 1. The van der Waals surface area contributed by atoms with Crippen molar-refractivity contribution in [1.29, 1.82) is 0 Å². The smallest absolute Gasteiger partial charge is 0.258 e. The number of rotatable bonds is 4. The Hall–Kier alpha value is -1.95. The molecule has 1 aromatic carbocycles. The van der Waals surface area contributed by atoms with Crippen LogP contribution in [0.1, 0.15) is 22.5 Å². The van der Waals surface area contributed by atoms with E-state index in [-0.39, 0.29) is 5.69 Å². The highest BCUT2D eigenvalue weighted by atomic mass is 32.2. The van der Waals surface area contributed by atoms with E-state index in [9.17, 15) is 10.1 Å². The molecule has 0 saturated heterocycles. The van der Waals surface area contributed by atoms with Gasteiger partial charge in [-0.05, 0) is 31.9 Å². The fourth-order valence-corrected chi connectivity index (χ4v) is 2.56. The van der Waals surface area contributed by atoms with Crippen molar-refractivity contribution in [3.05, 3.63) is 56.9 Å². The second-order valence-electron chi connectivity index (χ2n) is 4.51. The number of aromatic nitrogens is 2. The molecule has 0 spiro atoms. The van der Waals surface area contributed by atoms with Gasteiger partial charge in [-0.2, -0.15) is 0 Å². The standard InChI is InChI=1S/C14H15N3O2S/c1-9-10(2)15-14(16-11(9)3)20-8-12-4-6-13(7-5-12)17(18)19/h4-7H,8H2,1-3H3. The lowest BCUT2D eigenvalue weighted by molar-refractivity contribution is -0.384. The highest BCUT2D eigenvalue weighted by Gasteiger charge is 2.07. The van der Waals surface area contributed by atoms with Crippen molar-refractivity contribution in [2.24, 2.45) is 0 Å². The van der Waals surface area contributed by atoms with E-state index >= 15 is 0 Å². The Kier molecular flexibility index (Phi) is 4.34. The number of benzene rings is 1. The first-order chi connectivity index (χ1) is 9.47. The third kappa shape index (κ3) is 3.33. The number of hydrogen-bond acceptors (Lipinski definition) is 5. The van der Waals surface area contributed by atoms with Gasteiger partial charge in [-0.1, -0.05) is 23.9 Å². The topological polar surface area (TPSA) is 68.9 Å². The first-order valence-corrected chi connectivity index (χ1v) is 7.14. The van der Waals surface area contributed by atoms with E-state index in [2.05, 4.69) is 9.97 Å². The van der Waals surface area contributed by atoms with Gasteiger partial charge in [-0.25, -0.2) is 9.97 Å². The van der Waals surface area contributed by atoms with E-state index in [0.29, 0.717) is 5.75 Å².